The maximum absolute atomic E-state index is 12.5. The van der Waals surface area contributed by atoms with Crippen molar-refractivity contribution < 1.29 is 22.9 Å². The molecule has 160 valence electrons. The summed E-state index contributed by atoms with van der Waals surface area (Å²) in [5.41, 5.74) is 0.102. The summed E-state index contributed by atoms with van der Waals surface area (Å²) in [5.74, 6) is -0.317. The molecule has 31 heavy (non-hydrogen) atoms. The van der Waals surface area contributed by atoms with Crippen LogP contribution in [-0.4, -0.2) is 26.4 Å². The van der Waals surface area contributed by atoms with Gasteiger partial charge < -0.3 is 10.1 Å². The number of carbonyl (C=O) groups excluding carboxylic acids is 1. The van der Waals surface area contributed by atoms with Crippen molar-refractivity contribution in [1.29, 1.82) is 0 Å². The van der Waals surface area contributed by atoms with E-state index in [1.807, 2.05) is 0 Å². The Morgan fingerprint density at radius 3 is 2.26 bits per heavy atom. The van der Waals surface area contributed by atoms with Crippen molar-refractivity contribution in [2.75, 3.05) is 17.1 Å². The number of carbonyl (C=O) groups is 1. The number of ether oxygens (including phenoxy) is 1. The Balaban J connectivity index is 1.75. The fourth-order valence-electron chi connectivity index (χ4n) is 2.61. The Labute approximate surface area is 182 Å². The van der Waals surface area contributed by atoms with Crippen molar-refractivity contribution in [1.82, 2.24) is 0 Å². The summed E-state index contributed by atoms with van der Waals surface area (Å²) in [6, 6.07) is 15.3. The van der Waals surface area contributed by atoms with Gasteiger partial charge in [-0.1, -0.05) is 11.6 Å². The summed E-state index contributed by atoms with van der Waals surface area (Å²) >= 11 is 5.77. The number of amides is 1. The number of benzene rings is 3. The smallest absolute Gasteiger partial charge is 0.296 e. The molecule has 2 N–H and O–H groups in total. The monoisotopic (exact) mass is 461 g/mol. The van der Waals surface area contributed by atoms with E-state index in [1.165, 1.54) is 73.8 Å². The molecule has 3 aromatic rings. The Hall–Kier alpha value is -3.63. The van der Waals surface area contributed by atoms with Crippen molar-refractivity contribution >= 4 is 44.6 Å². The van der Waals surface area contributed by atoms with Crippen LogP contribution in [0.3, 0.4) is 0 Å². The molecule has 0 atom stereocenters. The quantitative estimate of drug-likeness (QED) is 0.398. The third-order valence-electron chi connectivity index (χ3n) is 4.17. The maximum atomic E-state index is 12.5. The summed E-state index contributed by atoms with van der Waals surface area (Å²) in [4.78, 5) is 23.1. The first-order valence-electron chi connectivity index (χ1n) is 8.72. The number of rotatable bonds is 7. The van der Waals surface area contributed by atoms with Gasteiger partial charge in [-0.05, 0) is 60.7 Å². The van der Waals surface area contributed by atoms with E-state index in [0.29, 0.717) is 5.02 Å². The minimum absolute atomic E-state index is 0.00307. The number of sulfonamides is 1. The van der Waals surface area contributed by atoms with Crippen molar-refractivity contribution in [2.24, 2.45) is 0 Å². The van der Waals surface area contributed by atoms with E-state index in [2.05, 4.69) is 10.0 Å². The molecular weight excluding hydrogens is 446 g/mol. The first-order valence-corrected chi connectivity index (χ1v) is 10.6. The van der Waals surface area contributed by atoms with Crippen LogP contribution in [0.4, 0.5) is 17.1 Å². The van der Waals surface area contributed by atoms with Gasteiger partial charge in [0.25, 0.3) is 21.6 Å². The summed E-state index contributed by atoms with van der Waals surface area (Å²) < 4.78 is 32.2. The average molecular weight is 462 g/mol. The fraction of sp³-hybridized carbons (Fsp3) is 0.0500. The molecule has 0 saturated heterocycles. The largest absolute Gasteiger partial charge is 0.496 e. The molecule has 0 aliphatic heterocycles. The standard InChI is InChI=1S/C20H16ClN3O6S/c1-30-16-8-11-18(19(12-16)24(26)27)22-20(25)13-2-6-15(7-3-13)23-31(28,29)17-9-4-14(21)5-10-17/h2-12,23H,1H3,(H,22,25). The normalized spacial score (nSPS) is 10.9. The number of nitrogens with one attached hydrogen (secondary N) is 2. The lowest BCUT2D eigenvalue weighted by Gasteiger charge is -2.10. The van der Waals surface area contributed by atoms with E-state index >= 15 is 0 Å². The molecule has 3 rings (SSSR count). The molecule has 3 aromatic carbocycles. The molecule has 0 aliphatic carbocycles. The summed E-state index contributed by atoms with van der Waals surface area (Å²) in [5, 5.41) is 14.1. The lowest BCUT2D eigenvalue weighted by Crippen LogP contribution is -2.14. The van der Waals surface area contributed by atoms with Crippen LogP contribution in [0, 0.1) is 10.1 Å². The highest BCUT2D eigenvalue weighted by Crippen LogP contribution is 2.29. The van der Waals surface area contributed by atoms with Gasteiger partial charge in [0.1, 0.15) is 11.4 Å². The van der Waals surface area contributed by atoms with Crippen LogP contribution in [0.5, 0.6) is 5.75 Å². The molecule has 0 heterocycles. The van der Waals surface area contributed by atoms with Gasteiger partial charge in [-0.25, -0.2) is 8.42 Å². The van der Waals surface area contributed by atoms with Crippen LogP contribution >= 0.6 is 11.6 Å². The van der Waals surface area contributed by atoms with E-state index in [0.717, 1.165) is 0 Å². The fourth-order valence-corrected chi connectivity index (χ4v) is 3.79. The maximum Gasteiger partial charge on any atom is 0.296 e. The number of anilines is 2. The van der Waals surface area contributed by atoms with Crippen LogP contribution in [-0.2, 0) is 10.0 Å². The van der Waals surface area contributed by atoms with E-state index in [4.69, 9.17) is 16.3 Å². The van der Waals surface area contributed by atoms with Crippen LogP contribution in [0.25, 0.3) is 0 Å². The van der Waals surface area contributed by atoms with Gasteiger partial charge in [0.15, 0.2) is 0 Å². The highest BCUT2D eigenvalue weighted by molar-refractivity contribution is 7.92. The van der Waals surface area contributed by atoms with Gasteiger partial charge in [0, 0.05) is 16.3 Å². The molecule has 1 amide bonds. The zero-order valence-electron chi connectivity index (χ0n) is 16.0. The first kappa shape index (κ1) is 22.1. The number of halogens is 1. The minimum Gasteiger partial charge on any atom is -0.496 e. The van der Waals surface area contributed by atoms with Crippen molar-refractivity contribution in [3.63, 3.8) is 0 Å². The van der Waals surface area contributed by atoms with Crippen LogP contribution in [0.1, 0.15) is 10.4 Å². The highest BCUT2D eigenvalue weighted by atomic mass is 35.5. The van der Waals surface area contributed by atoms with E-state index in [1.54, 1.807) is 0 Å². The topological polar surface area (TPSA) is 128 Å². The predicted molar refractivity (Wildman–Crippen MR) is 116 cm³/mol. The number of nitrogens with zero attached hydrogens (tertiary/aromatic N) is 1. The van der Waals surface area contributed by atoms with E-state index < -0.39 is 20.9 Å². The van der Waals surface area contributed by atoms with E-state index in [9.17, 15) is 23.3 Å². The summed E-state index contributed by atoms with van der Waals surface area (Å²) in [6.07, 6.45) is 0. The molecule has 0 bridgehead atoms. The zero-order valence-corrected chi connectivity index (χ0v) is 17.6. The Kier molecular flexibility index (Phi) is 6.42. The molecule has 0 aliphatic rings. The molecule has 0 unspecified atom stereocenters. The molecule has 0 saturated carbocycles. The van der Waals surface area contributed by atoms with Crippen LogP contribution < -0.4 is 14.8 Å². The Bertz CT molecular complexity index is 1230. The molecule has 0 fully saturated rings. The summed E-state index contributed by atoms with van der Waals surface area (Å²) in [7, 11) is -2.45. The zero-order chi connectivity index (χ0) is 22.6. The SMILES string of the molecule is COc1ccc(NC(=O)c2ccc(NS(=O)(=O)c3ccc(Cl)cc3)cc2)c([N+](=O)[O-])c1. The molecular formula is C20H16ClN3O6S. The minimum atomic E-state index is -3.83. The molecule has 0 aromatic heterocycles. The van der Waals surface area contributed by atoms with E-state index in [-0.39, 0.29) is 33.3 Å². The number of hydrogen-bond acceptors (Lipinski definition) is 6. The second-order valence-electron chi connectivity index (χ2n) is 6.23. The molecule has 0 spiro atoms. The number of nitro groups is 1. The van der Waals surface area contributed by atoms with Crippen molar-refractivity contribution in [3.05, 3.63) is 87.4 Å². The third kappa shape index (κ3) is 5.30. The second-order valence-corrected chi connectivity index (χ2v) is 8.35. The third-order valence-corrected chi connectivity index (χ3v) is 5.82. The molecule has 11 heteroatoms. The second kappa shape index (κ2) is 9.02. The number of methoxy groups -OCH3 is 1. The van der Waals surface area contributed by atoms with Gasteiger partial charge >= 0.3 is 0 Å². The Morgan fingerprint density at radius 1 is 1.03 bits per heavy atom. The van der Waals surface area contributed by atoms with Crippen LogP contribution in [0.15, 0.2) is 71.6 Å². The highest BCUT2D eigenvalue weighted by Gasteiger charge is 2.18. The van der Waals surface area contributed by atoms with Gasteiger partial charge in [-0.3, -0.25) is 19.6 Å². The van der Waals surface area contributed by atoms with Gasteiger partial charge in [-0.15, -0.1) is 0 Å². The van der Waals surface area contributed by atoms with Crippen LogP contribution in [0.2, 0.25) is 5.02 Å². The lowest BCUT2D eigenvalue weighted by atomic mass is 10.2. The Morgan fingerprint density at radius 2 is 1.68 bits per heavy atom. The molecule has 0 radical (unpaired) electrons. The molecule has 9 nitrogen and oxygen atoms in total. The van der Waals surface area contributed by atoms with Crippen molar-refractivity contribution in [2.45, 2.75) is 4.90 Å². The average Bonchev–Trinajstić information content (AvgIpc) is 2.74. The number of hydrogen-bond donors (Lipinski definition) is 2. The number of nitro benzene ring substituents is 1. The van der Waals surface area contributed by atoms with Gasteiger partial charge in [0.2, 0.25) is 0 Å². The predicted octanol–water partition coefficient (Wildman–Crippen LogP) is 4.31. The lowest BCUT2D eigenvalue weighted by molar-refractivity contribution is -0.384. The van der Waals surface area contributed by atoms with Crippen molar-refractivity contribution in [3.8, 4) is 5.75 Å². The summed E-state index contributed by atoms with van der Waals surface area (Å²) in [6.45, 7) is 0. The van der Waals surface area contributed by atoms with Gasteiger partial charge in [-0.2, -0.15) is 0 Å². The first-order chi connectivity index (χ1) is 14.7. The van der Waals surface area contributed by atoms with Gasteiger partial charge in [0.05, 0.1) is 23.0 Å².